The third-order valence-electron chi connectivity index (χ3n) is 5.56. The largest absolute Gasteiger partial charge is 0.341 e. The molecule has 0 saturated carbocycles. The lowest BCUT2D eigenvalue weighted by Gasteiger charge is -2.30. The highest BCUT2D eigenvalue weighted by Gasteiger charge is 2.22. The first kappa shape index (κ1) is 18.5. The molecular formula is C20H22N8O2. The molecule has 30 heavy (non-hydrogen) atoms. The Labute approximate surface area is 171 Å². The lowest BCUT2D eigenvalue weighted by Crippen LogP contribution is -2.43. The van der Waals surface area contributed by atoms with E-state index in [0.29, 0.717) is 34.9 Å². The van der Waals surface area contributed by atoms with Gasteiger partial charge in [-0.2, -0.15) is 4.98 Å². The van der Waals surface area contributed by atoms with E-state index < -0.39 is 11.2 Å². The lowest BCUT2D eigenvalue weighted by molar-refractivity contribution is 0.501. The van der Waals surface area contributed by atoms with Crippen molar-refractivity contribution in [1.29, 1.82) is 0 Å². The molecule has 10 nitrogen and oxygen atoms in total. The van der Waals surface area contributed by atoms with Gasteiger partial charge in [0.1, 0.15) is 0 Å². The van der Waals surface area contributed by atoms with Crippen LogP contribution in [0.1, 0.15) is 18.5 Å². The summed E-state index contributed by atoms with van der Waals surface area (Å²) in [5, 5.41) is 0. The number of aryl methyl sites for hydroxylation is 1. The number of hydrogen-bond acceptors (Lipinski definition) is 7. The minimum absolute atomic E-state index is 0.0647. The normalized spacial score (nSPS) is 17.1. The lowest BCUT2D eigenvalue weighted by atomic mass is 10.1. The average Bonchev–Trinajstić information content (AvgIpc) is 3.21. The number of pyridine rings is 2. The van der Waals surface area contributed by atoms with E-state index in [1.54, 1.807) is 25.4 Å². The van der Waals surface area contributed by atoms with Crippen LogP contribution >= 0.6 is 0 Å². The predicted molar refractivity (Wildman–Crippen MR) is 114 cm³/mol. The van der Waals surface area contributed by atoms with Gasteiger partial charge >= 0.3 is 5.69 Å². The Morgan fingerprint density at radius 1 is 1.20 bits per heavy atom. The predicted octanol–water partition coefficient (Wildman–Crippen LogP) is 0.342. The molecule has 4 aromatic rings. The zero-order valence-electron chi connectivity index (χ0n) is 16.6. The molecule has 0 radical (unpaired) electrons. The fraction of sp³-hybridized carbons (Fsp3) is 0.350. The number of aromatic nitrogens is 6. The summed E-state index contributed by atoms with van der Waals surface area (Å²) in [6, 6.07) is 7.33. The van der Waals surface area contributed by atoms with E-state index in [2.05, 4.69) is 19.9 Å². The maximum absolute atomic E-state index is 13.1. The summed E-state index contributed by atoms with van der Waals surface area (Å²) >= 11 is 0. The van der Waals surface area contributed by atoms with Crippen molar-refractivity contribution >= 4 is 28.1 Å². The van der Waals surface area contributed by atoms with Gasteiger partial charge in [0.15, 0.2) is 11.2 Å². The number of hydrogen-bond donors (Lipinski definition) is 2. The second-order valence-electron chi connectivity index (χ2n) is 7.68. The summed E-state index contributed by atoms with van der Waals surface area (Å²) in [5.74, 6) is 0.569. The van der Waals surface area contributed by atoms with Crippen LogP contribution in [0.25, 0.3) is 22.2 Å². The molecule has 5 heterocycles. The van der Waals surface area contributed by atoms with Crippen LogP contribution in [0.3, 0.4) is 0 Å². The number of nitrogens with zero attached hydrogens (tertiary/aromatic N) is 6. The smallest absolute Gasteiger partial charge is 0.332 e. The third-order valence-corrected chi connectivity index (χ3v) is 5.56. The van der Waals surface area contributed by atoms with Gasteiger partial charge < -0.3 is 15.6 Å². The van der Waals surface area contributed by atoms with Gasteiger partial charge in [0.2, 0.25) is 5.95 Å². The molecule has 1 aliphatic heterocycles. The molecular weight excluding hydrogens is 384 g/mol. The number of H-pyrrole nitrogens is 1. The van der Waals surface area contributed by atoms with E-state index in [-0.39, 0.29) is 12.6 Å². The summed E-state index contributed by atoms with van der Waals surface area (Å²) < 4.78 is 2.57. The van der Waals surface area contributed by atoms with Gasteiger partial charge in [-0.3, -0.25) is 18.9 Å². The summed E-state index contributed by atoms with van der Waals surface area (Å²) in [6.07, 6.45) is 3.63. The first-order valence-corrected chi connectivity index (χ1v) is 9.92. The van der Waals surface area contributed by atoms with Crippen molar-refractivity contribution in [2.75, 3.05) is 18.0 Å². The van der Waals surface area contributed by atoms with Crippen LogP contribution < -0.4 is 21.9 Å². The van der Waals surface area contributed by atoms with Crippen LogP contribution in [0.2, 0.25) is 0 Å². The molecule has 5 rings (SSSR count). The van der Waals surface area contributed by atoms with Gasteiger partial charge in [-0.25, -0.2) is 9.78 Å². The van der Waals surface area contributed by atoms with E-state index in [1.807, 2.05) is 17.0 Å². The Morgan fingerprint density at radius 2 is 2.07 bits per heavy atom. The van der Waals surface area contributed by atoms with Gasteiger partial charge in [-0.05, 0) is 37.1 Å². The number of aromatic amines is 1. The zero-order chi connectivity index (χ0) is 20.8. The molecule has 0 aliphatic carbocycles. The van der Waals surface area contributed by atoms with Crippen LogP contribution in [-0.2, 0) is 13.6 Å². The summed E-state index contributed by atoms with van der Waals surface area (Å²) in [4.78, 5) is 44.5. The molecule has 0 amide bonds. The monoisotopic (exact) mass is 406 g/mol. The number of rotatable bonds is 3. The first-order chi connectivity index (χ1) is 14.5. The molecule has 0 spiro atoms. The molecule has 0 aromatic carbocycles. The fourth-order valence-corrected chi connectivity index (χ4v) is 3.98. The summed E-state index contributed by atoms with van der Waals surface area (Å²) in [6.45, 7) is 1.54. The number of fused-ring (bicyclic) bond motifs is 2. The van der Waals surface area contributed by atoms with Gasteiger partial charge in [0.05, 0.1) is 23.3 Å². The molecule has 0 bridgehead atoms. The Hall–Kier alpha value is -3.53. The van der Waals surface area contributed by atoms with Crippen molar-refractivity contribution in [1.82, 2.24) is 29.1 Å². The van der Waals surface area contributed by atoms with Crippen LogP contribution in [0, 0.1) is 0 Å². The van der Waals surface area contributed by atoms with Gasteiger partial charge in [-0.15, -0.1) is 0 Å². The molecule has 4 aromatic heterocycles. The van der Waals surface area contributed by atoms with E-state index in [1.165, 1.54) is 9.13 Å². The van der Waals surface area contributed by atoms with Crippen LogP contribution in [0.5, 0.6) is 0 Å². The van der Waals surface area contributed by atoms with E-state index >= 15 is 0 Å². The van der Waals surface area contributed by atoms with Crippen LogP contribution in [0.15, 0.2) is 40.1 Å². The minimum Gasteiger partial charge on any atom is -0.341 e. The molecule has 1 saturated heterocycles. The van der Waals surface area contributed by atoms with Gasteiger partial charge in [-0.1, -0.05) is 0 Å². The fourth-order valence-electron chi connectivity index (χ4n) is 3.98. The molecule has 1 atom stereocenters. The average molecular weight is 406 g/mol. The van der Waals surface area contributed by atoms with E-state index in [9.17, 15) is 9.59 Å². The Morgan fingerprint density at radius 3 is 2.90 bits per heavy atom. The van der Waals surface area contributed by atoms with Crippen molar-refractivity contribution < 1.29 is 0 Å². The number of nitrogens with one attached hydrogen (secondary N) is 1. The van der Waals surface area contributed by atoms with Crippen molar-refractivity contribution in [3.05, 3.63) is 57.0 Å². The quantitative estimate of drug-likeness (QED) is 0.502. The Bertz CT molecular complexity index is 1370. The standard InChI is InChI=1S/C20H22N8O2/c1-26-17-16(24-19(25-17)27-9-3-4-12(21)10-27)18(29)28(20(26)30)11-13-6-7-14-15(23-13)5-2-8-22-14/h2,5-8,12H,3-4,9-11,21H2,1H3,(H,24,25)/t12-/m1/s1. The van der Waals surface area contributed by atoms with Crippen molar-refractivity contribution in [3.8, 4) is 0 Å². The third kappa shape index (κ3) is 3.05. The Kier molecular flexibility index (Phi) is 4.35. The second-order valence-corrected chi connectivity index (χ2v) is 7.68. The topological polar surface area (TPSA) is 128 Å². The maximum atomic E-state index is 13.1. The minimum atomic E-state index is -0.436. The zero-order valence-corrected chi connectivity index (χ0v) is 16.6. The molecule has 0 unspecified atom stereocenters. The van der Waals surface area contributed by atoms with Gasteiger partial charge in [0.25, 0.3) is 5.56 Å². The highest BCUT2D eigenvalue weighted by atomic mass is 16.2. The number of imidazole rings is 1. The highest BCUT2D eigenvalue weighted by molar-refractivity contribution is 5.74. The number of nitrogens with two attached hydrogens (primary N) is 1. The van der Waals surface area contributed by atoms with E-state index in [0.717, 1.165) is 24.9 Å². The molecule has 154 valence electrons. The van der Waals surface area contributed by atoms with Crippen molar-refractivity contribution in [2.24, 2.45) is 12.8 Å². The van der Waals surface area contributed by atoms with Crippen LogP contribution in [0.4, 0.5) is 5.95 Å². The van der Waals surface area contributed by atoms with Gasteiger partial charge in [0, 0.05) is 32.4 Å². The summed E-state index contributed by atoms with van der Waals surface area (Å²) in [7, 11) is 1.62. The second kappa shape index (κ2) is 7.06. The molecule has 1 fully saturated rings. The number of anilines is 1. The van der Waals surface area contributed by atoms with Crippen molar-refractivity contribution in [2.45, 2.75) is 25.4 Å². The molecule has 10 heteroatoms. The highest BCUT2D eigenvalue weighted by Crippen LogP contribution is 2.18. The number of piperidine rings is 1. The maximum Gasteiger partial charge on any atom is 0.332 e. The van der Waals surface area contributed by atoms with Crippen LogP contribution in [-0.4, -0.2) is 48.2 Å². The van der Waals surface area contributed by atoms with E-state index in [4.69, 9.17) is 5.73 Å². The van der Waals surface area contributed by atoms with Crippen molar-refractivity contribution in [3.63, 3.8) is 0 Å². The summed E-state index contributed by atoms with van der Waals surface area (Å²) in [5.41, 5.74) is 7.94. The SMILES string of the molecule is Cn1c(=O)n(Cc2ccc3ncccc3n2)c(=O)c2[nH]c(N3CCC[C@@H](N)C3)nc21. The Balaban J connectivity index is 1.58. The molecule has 1 aliphatic rings. The molecule has 3 N–H and O–H groups in total. The first-order valence-electron chi connectivity index (χ1n) is 9.92.